The number of halogens is 1. The summed E-state index contributed by atoms with van der Waals surface area (Å²) in [6.07, 6.45) is 3.00. The molecule has 0 aliphatic carbocycles. The third-order valence-corrected chi connectivity index (χ3v) is 5.09. The number of nitrogens with zero attached hydrogens (tertiary/aromatic N) is 1. The third-order valence-electron chi connectivity index (χ3n) is 3.76. The average Bonchev–Trinajstić information content (AvgIpc) is 2.97. The lowest BCUT2D eigenvalue weighted by molar-refractivity contribution is -0.121. The fourth-order valence-electron chi connectivity index (χ4n) is 2.55. The number of benzene rings is 2. The number of nitrogens with one attached hydrogen (secondary N) is 1. The Labute approximate surface area is 150 Å². The standard InChI is InChI=1S/C19H19ClN2OS/c20-15-6-3-5-14(13-15)11-12-21-18(23)9-4-10-19-22-16-7-1-2-8-17(16)24-19/h1-3,5-8,13H,4,9-12H2,(H,21,23). The molecule has 1 heterocycles. The first-order valence-corrected chi connectivity index (χ1v) is 9.26. The van der Waals surface area contributed by atoms with Crippen molar-refractivity contribution in [3.8, 4) is 0 Å². The van der Waals surface area contributed by atoms with E-state index in [-0.39, 0.29) is 5.91 Å². The summed E-state index contributed by atoms with van der Waals surface area (Å²) in [6, 6.07) is 15.9. The normalized spacial score (nSPS) is 10.9. The highest BCUT2D eigenvalue weighted by molar-refractivity contribution is 7.18. The van der Waals surface area contributed by atoms with Gasteiger partial charge in [0.1, 0.15) is 0 Å². The Hall–Kier alpha value is -1.91. The first-order chi connectivity index (χ1) is 11.7. The van der Waals surface area contributed by atoms with E-state index in [0.29, 0.717) is 13.0 Å². The van der Waals surface area contributed by atoms with Crippen LogP contribution in [0.1, 0.15) is 23.4 Å². The molecule has 0 aliphatic rings. The van der Waals surface area contributed by atoms with Crippen molar-refractivity contribution in [2.45, 2.75) is 25.7 Å². The number of para-hydroxylation sites is 1. The molecule has 2 aromatic carbocycles. The van der Waals surface area contributed by atoms with E-state index in [1.54, 1.807) is 11.3 Å². The molecule has 0 bridgehead atoms. The Balaban J connectivity index is 1.38. The molecule has 124 valence electrons. The molecule has 1 N–H and O–H groups in total. The van der Waals surface area contributed by atoms with Crippen molar-refractivity contribution in [3.63, 3.8) is 0 Å². The molecule has 0 spiro atoms. The van der Waals surface area contributed by atoms with Gasteiger partial charge in [0.05, 0.1) is 15.2 Å². The molecule has 0 saturated heterocycles. The maximum atomic E-state index is 11.9. The Morgan fingerprint density at radius 2 is 2.00 bits per heavy atom. The number of thiazole rings is 1. The third kappa shape index (κ3) is 4.79. The number of hydrogen-bond acceptors (Lipinski definition) is 3. The van der Waals surface area contributed by atoms with Gasteiger partial charge >= 0.3 is 0 Å². The molecular weight excluding hydrogens is 340 g/mol. The van der Waals surface area contributed by atoms with E-state index in [9.17, 15) is 4.79 Å². The first-order valence-electron chi connectivity index (χ1n) is 8.06. The van der Waals surface area contributed by atoms with Crippen molar-refractivity contribution in [3.05, 3.63) is 64.1 Å². The van der Waals surface area contributed by atoms with Crippen LogP contribution in [0.2, 0.25) is 5.02 Å². The number of carbonyl (C=O) groups is 1. The Morgan fingerprint density at radius 3 is 2.83 bits per heavy atom. The molecule has 5 heteroatoms. The summed E-state index contributed by atoms with van der Waals surface area (Å²) in [5.74, 6) is 0.0955. The molecule has 0 fully saturated rings. The monoisotopic (exact) mass is 358 g/mol. The van der Waals surface area contributed by atoms with Crippen LogP contribution in [0.15, 0.2) is 48.5 Å². The highest BCUT2D eigenvalue weighted by Gasteiger charge is 2.05. The molecule has 3 rings (SSSR count). The zero-order valence-corrected chi connectivity index (χ0v) is 14.9. The number of hydrogen-bond donors (Lipinski definition) is 1. The Bertz CT molecular complexity index is 798. The summed E-state index contributed by atoms with van der Waals surface area (Å²) in [7, 11) is 0. The summed E-state index contributed by atoms with van der Waals surface area (Å²) in [5, 5.41) is 4.80. The minimum atomic E-state index is 0.0955. The van der Waals surface area contributed by atoms with Crippen LogP contribution in [-0.4, -0.2) is 17.4 Å². The first kappa shape index (κ1) is 16.9. The molecule has 0 radical (unpaired) electrons. The van der Waals surface area contributed by atoms with Crippen LogP contribution in [0.25, 0.3) is 10.2 Å². The van der Waals surface area contributed by atoms with Crippen molar-refractivity contribution < 1.29 is 4.79 Å². The van der Waals surface area contributed by atoms with Gasteiger partial charge in [-0.05, 0) is 49.1 Å². The second-order valence-electron chi connectivity index (χ2n) is 5.66. The van der Waals surface area contributed by atoms with Crippen molar-refractivity contribution >= 4 is 39.1 Å². The molecule has 0 aliphatic heterocycles. The predicted molar refractivity (Wildman–Crippen MR) is 101 cm³/mol. The predicted octanol–water partition coefficient (Wildman–Crippen LogP) is 4.63. The maximum absolute atomic E-state index is 11.9. The van der Waals surface area contributed by atoms with Crippen LogP contribution in [0.5, 0.6) is 0 Å². The van der Waals surface area contributed by atoms with Gasteiger partial charge in [-0.1, -0.05) is 35.9 Å². The number of aryl methyl sites for hydroxylation is 1. The Kier molecular flexibility index (Phi) is 5.83. The second-order valence-corrected chi connectivity index (χ2v) is 7.21. The fraction of sp³-hybridized carbons (Fsp3) is 0.263. The number of fused-ring (bicyclic) bond motifs is 1. The Morgan fingerprint density at radius 1 is 1.12 bits per heavy atom. The summed E-state index contributed by atoms with van der Waals surface area (Å²) < 4.78 is 1.21. The molecule has 24 heavy (non-hydrogen) atoms. The number of carbonyl (C=O) groups excluding carboxylic acids is 1. The minimum Gasteiger partial charge on any atom is -0.356 e. The average molecular weight is 359 g/mol. The topological polar surface area (TPSA) is 42.0 Å². The highest BCUT2D eigenvalue weighted by Crippen LogP contribution is 2.22. The van der Waals surface area contributed by atoms with Crippen LogP contribution < -0.4 is 5.32 Å². The highest BCUT2D eigenvalue weighted by atomic mass is 35.5. The van der Waals surface area contributed by atoms with Gasteiger partial charge in [-0.2, -0.15) is 0 Å². The molecule has 3 aromatic rings. The smallest absolute Gasteiger partial charge is 0.220 e. The van der Waals surface area contributed by atoms with Crippen molar-refractivity contribution in [2.75, 3.05) is 6.54 Å². The summed E-state index contributed by atoms with van der Waals surface area (Å²) in [4.78, 5) is 16.5. The van der Waals surface area contributed by atoms with Gasteiger partial charge in [0.25, 0.3) is 0 Å². The maximum Gasteiger partial charge on any atom is 0.220 e. The molecule has 0 saturated carbocycles. The van der Waals surface area contributed by atoms with Crippen LogP contribution in [-0.2, 0) is 17.6 Å². The van der Waals surface area contributed by atoms with Crippen LogP contribution >= 0.6 is 22.9 Å². The quantitative estimate of drug-likeness (QED) is 0.669. The zero-order chi connectivity index (χ0) is 16.8. The van der Waals surface area contributed by atoms with E-state index in [4.69, 9.17) is 11.6 Å². The minimum absolute atomic E-state index is 0.0955. The van der Waals surface area contributed by atoms with Gasteiger partial charge in [-0.15, -0.1) is 11.3 Å². The SMILES string of the molecule is O=C(CCCc1nc2ccccc2s1)NCCc1cccc(Cl)c1. The molecule has 3 nitrogen and oxygen atoms in total. The van der Waals surface area contributed by atoms with Crippen molar-refractivity contribution in [2.24, 2.45) is 0 Å². The fourth-order valence-corrected chi connectivity index (χ4v) is 3.78. The van der Waals surface area contributed by atoms with Crippen molar-refractivity contribution in [1.29, 1.82) is 0 Å². The van der Waals surface area contributed by atoms with Gasteiger partial charge in [-0.25, -0.2) is 4.98 Å². The second kappa shape index (κ2) is 8.27. The largest absolute Gasteiger partial charge is 0.356 e. The lowest BCUT2D eigenvalue weighted by atomic mass is 10.1. The van der Waals surface area contributed by atoms with Gasteiger partial charge < -0.3 is 5.32 Å². The van der Waals surface area contributed by atoms with Gasteiger partial charge in [-0.3, -0.25) is 4.79 Å². The van der Waals surface area contributed by atoms with E-state index < -0.39 is 0 Å². The molecule has 1 amide bonds. The lowest BCUT2D eigenvalue weighted by Crippen LogP contribution is -2.25. The van der Waals surface area contributed by atoms with E-state index >= 15 is 0 Å². The molecule has 0 unspecified atom stereocenters. The van der Waals surface area contributed by atoms with Gasteiger partial charge in [0.15, 0.2) is 0 Å². The van der Waals surface area contributed by atoms with E-state index in [0.717, 1.165) is 40.4 Å². The van der Waals surface area contributed by atoms with E-state index in [1.807, 2.05) is 42.5 Å². The van der Waals surface area contributed by atoms with Gasteiger partial charge in [0.2, 0.25) is 5.91 Å². The molecule has 1 aromatic heterocycles. The number of aromatic nitrogens is 1. The van der Waals surface area contributed by atoms with Crippen LogP contribution in [0.4, 0.5) is 0 Å². The van der Waals surface area contributed by atoms with Crippen LogP contribution in [0, 0.1) is 0 Å². The summed E-state index contributed by atoms with van der Waals surface area (Å²) in [6.45, 7) is 0.639. The van der Waals surface area contributed by atoms with Crippen molar-refractivity contribution in [1.82, 2.24) is 10.3 Å². The lowest BCUT2D eigenvalue weighted by Gasteiger charge is -2.05. The number of rotatable bonds is 7. The van der Waals surface area contributed by atoms with E-state index in [2.05, 4.69) is 16.4 Å². The van der Waals surface area contributed by atoms with E-state index in [1.165, 1.54) is 4.70 Å². The molecule has 0 atom stereocenters. The summed E-state index contributed by atoms with van der Waals surface area (Å²) in [5.41, 5.74) is 2.18. The summed E-state index contributed by atoms with van der Waals surface area (Å²) >= 11 is 7.66. The van der Waals surface area contributed by atoms with Gasteiger partial charge in [0, 0.05) is 18.0 Å². The number of amides is 1. The van der Waals surface area contributed by atoms with Crippen LogP contribution in [0.3, 0.4) is 0 Å². The zero-order valence-electron chi connectivity index (χ0n) is 13.3. The molecular formula is C19H19ClN2OS.